The van der Waals surface area contributed by atoms with Gasteiger partial charge >= 0.3 is 0 Å². The second-order valence-corrected chi connectivity index (χ2v) is 8.19. The molecule has 1 aliphatic carbocycles. The topological polar surface area (TPSA) is 90.0 Å². The van der Waals surface area contributed by atoms with Crippen molar-refractivity contribution in [3.63, 3.8) is 0 Å². The van der Waals surface area contributed by atoms with Crippen LogP contribution >= 0.6 is 11.8 Å². The number of hydrogen-bond donors (Lipinski definition) is 2. The van der Waals surface area contributed by atoms with Crippen molar-refractivity contribution in [2.45, 2.75) is 41.9 Å². The van der Waals surface area contributed by atoms with Gasteiger partial charge in [0.25, 0.3) is 0 Å². The van der Waals surface area contributed by atoms with Crippen molar-refractivity contribution in [1.29, 1.82) is 0 Å². The van der Waals surface area contributed by atoms with Crippen molar-refractivity contribution in [2.24, 2.45) is 5.73 Å². The lowest BCUT2D eigenvalue weighted by molar-refractivity contribution is 0.551. The molecule has 114 valence electrons. The number of sulfonamides is 1. The van der Waals surface area contributed by atoms with Gasteiger partial charge < -0.3 is 5.73 Å². The SMILES string of the molecule is CSC1(CNS(=O)(=O)c2cnn(CCN)c2)CCCC1. The lowest BCUT2D eigenvalue weighted by Gasteiger charge is -2.26. The number of thioether (sulfide) groups is 1. The minimum Gasteiger partial charge on any atom is -0.329 e. The molecule has 3 N–H and O–H groups in total. The zero-order valence-corrected chi connectivity index (χ0v) is 13.3. The lowest BCUT2D eigenvalue weighted by Crippen LogP contribution is -2.38. The van der Waals surface area contributed by atoms with Crippen molar-refractivity contribution in [1.82, 2.24) is 14.5 Å². The molecule has 0 unspecified atom stereocenters. The Hall–Kier alpha value is -0.570. The molecule has 20 heavy (non-hydrogen) atoms. The van der Waals surface area contributed by atoms with Crippen molar-refractivity contribution in [3.8, 4) is 0 Å². The van der Waals surface area contributed by atoms with E-state index in [1.54, 1.807) is 16.4 Å². The van der Waals surface area contributed by atoms with Gasteiger partial charge in [-0.1, -0.05) is 12.8 Å². The smallest absolute Gasteiger partial charge is 0.243 e. The molecule has 1 aromatic rings. The van der Waals surface area contributed by atoms with Gasteiger partial charge in [-0.15, -0.1) is 0 Å². The average molecular weight is 318 g/mol. The number of nitrogens with zero attached hydrogens (tertiary/aromatic N) is 2. The highest BCUT2D eigenvalue weighted by Gasteiger charge is 2.34. The summed E-state index contributed by atoms with van der Waals surface area (Å²) in [5.41, 5.74) is 5.43. The Balaban J connectivity index is 2.03. The molecule has 1 heterocycles. The summed E-state index contributed by atoms with van der Waals surface area (Å²) in [6, 6.07) is 0. The highest BCUT2D eigenvalue weighted by atomic mass is 32.2. The molecule has 0 bridgehead atoms. The van der Waals surface area contributed by atoms with Crippen LogP contribution in [0.2, 0.25) is 0 Å². The maximum atomic E-state index is 12.3. The van der Waals surface area contributed by atoms with E-state index in [9.17, 15) is 8.42 Å². The first-order valence-corrected chi connectivity index (χ1v) is 9.49. The third kappa shape index (κ3) is 3.55. The molecule has 0 amide bonds. The van der Waals surface area contributed by atoms with E-state index in [0.29, 0.717) is 19.6 Å². The van der Waals surface area contributed by atoms with Gasteiger partial charge in [0.1, 0.15) is 4.90 Å². The van der Waals surface area contributed by atoms with Crippen LogP contribution in [0.3, 0.4) is 0 Å². The molecule has 6 nitrogen and oxygen atoms in total. The van der Waals surface area contributed by atoms with E-state index in [1.165, 1.54) is 25.2 Å². The van der Waals surface area contributed by atoms with Crippen LogP contribution in [0.25, 0.3) is 0 Å². The van der Waals surface area contributed by atoms with Crippen LogP contribution in [-0.4, -0.2) is 42.3 Å². The minimum atomic E-state index is -3.48. The van der Waals surface area contributed by atoms with Gasteiger partial charge in [-0.3, -0.25) is 4.68 Å². The molecule has 0 radical (unpaired) electrons. The summed E-state index contributed by atoms with van der Waals surface area (Å²) < 4.78 is 28.9. The molecular weight excluding hydrogens is 296 g/mol. The van der Waals surface area contributed by atoms with E-state index in [0.717, 1.165) is 12.8 Å². The van der Waals surface area contributed by atoms with Crippen LogP contribution in [0.15, 0.2) is 17.3 Å². The molecule has 0 spiro atoms. The van der Waals surface area contributed by atoms with Crippen molar-refractivity contribution >= 4 is 21.8 Å². The third-order valence-electron chi connectivity index (χ3n) is 3.81. The zero-order valence-electron chi connectivity index (χ0n) is 11.7. The molecule has 1 fully saturated rings. The Morgan fingerprint density at radius 2 is 2.20 bits per heavy atom. The molecule has 0 saturated heterocycles. The van der Waals surface area contributed by atoms with Gasteiger partial charge in [0, 0.05) is 24.0 Å². The first-order chi connectivity index (χ1) is 9.51. The summed E-state index contributed by atoms with van der Waals surface area (Å²) in [6.07, 6.45) is 9.45. The predicted octanol–water partition coefficient (Wildman–Crippen LogP) is 0.796. The van der Waals surface area contributed by atoms with Crippen LogP contribution in [-0.2, 0) is 16.6 Å². The number of aromatic nitrogens is 2. The Morgan fingerprint density at radius 3 is 2.80 bits per heavy atom. The third-order valence-corrected chi connectivity index (χ3v) is 6.58. The molecule has 0 atom stereocenters. The van der Waals surface area contributed by atoms with E-state index in [1.807, 2.05) is 0 Å². The highest BCUT2D eigenvalue weighted by molar-refractivity contribution is 8.00. The maximum Gasteiger partial charge on any atom is 0.243 e. The summed E-state index contributed by atoms with van der Waals surface area (Å²) >= 11 is 1.76. The average Bonchev–Trinajstić information content (AvgIpc) is 3.07. The van der Waals surface area contributed by atoms with E-state index in [2.05, 4.69) is 16.1 Å². The fourth-order valence-electron chi connectivity index (χ4n) is 2.52. The van der Waals surface area contributed by atoms with Crippen molar-refractivity contribution in [2.75, 3.05) is 19.3 Å². The molecule has 1 aromatic heterocycles. The van der Waals surface area contributed by atoms with E-state index in [4.69, 9.17) is 5.73 Å². The van der Waals surface area contributed by atoms with Gasteiger partial charge in [0.15, 0.2) is 0 Å². The monoisotopic (exact) mass is 318 g/mol. The molecule has 8 heteroatoms. The van der Waals surface area contributed by atoms with Crippen molar-refractivity contribution in [3.05, 3.63) is 12.4 Å². The maximum absolute atomic E-state index is 12.3. The summed E-state index contributed by atoms with van der Waals surface area (Å²) in [6.45, 7) is 1.44. The second-order valence-electron chi connectivity index (χ2n) is 5.15. The van der Waals surface area contributed by atoms with Crippen LogP contribution in [0.1, 0.15) is 25.7 Å². The van der Waals surface area contributed by atoms with E-state index >= 15 is 0 Å². The second kappa shape index (κ2) is 6.46. The quantitative estimate of drug-likeness (QED) is 0.776. The molecule has 0 aromatic carbocycles. The van der Waals surface area contributed by atoms with Crippen LogP contribution in [0.4, 0.5) is 0 Å². The fourth-order valence-corrected chi connectivity index (χ4v) is 4.60. The van der Waals surface area contributed by atoms with Crippen LogP contribution in [0.5, 0.6) is 0 Å². The number of nitrogens with one attached hydrogen (secondary N) is 1. The summed E-state index contributed by atoms with van der Waals surface area (Å²) in [4.78, 5) is 0.209. The first-order valence-electron chi connectivity index (χ1n) is 6.79. The Kier molecular flexibility index (Phi) is 5.11. The number of hydrogen-bond acceptors (Lipinski definition) is 5. The summed E-state index contributed by atoms with van der Waals surface area (Å²) in [5, 5.41) is 4.00. The molecular formula is C12H22N4O2S2. The van der Waals surface area contributed by atoms with Gasteiger partial charge in [-0.25, -0.2) is 13.1 Å². The largest absolute Gasteiger partial charge is 0.329 e. The van der Waals surface area contributed by atoms with Crippen molar-refractivity contribution < 1.29 is 8.42 Å². The van der Waals surface area contributed by atoms with Crippen LogP contribution < -0.4 is 10.5 Å². The molecule has 1 aliphatic rings. The Morgan fingerprint density at radius 1 is 1.50 bits per heavy atom. The van der Waals surface area contributed by atoms with Gasteiger partial charge in [0.05, 0.1) is 12.7 Å². The first kappa shape index (κ1) is 15.8. The Bertz CT molecular complexity index is 535. The van der Waals surface area contributed by atoms with Gasteiger partial charge in [0.2, 0.25) is 10.0 Å². The lowest BCUT2D eigenvalue weighted by atomic mass is 10.1. The predicted molar refractivity (Wildman–Crippen MR) is 81.2 cm³/mol. The standard InChI is InChI=1S/C12H22N4O2S2/c1-19-12(4-2-3-5-12)10-15-20(17,18)11-8-14-16(9-11)7-6-13/h8-9,15H,2-7,10,13H2,1H3. The van der Waals surface area contributed by atoms with Gasteiger partial charge in [-0.2, -0.15) is 16.9 Å². The Labute approximate surface area is 124 Å². The van der Waals surface area contributed by atoms with E-state index < -0.39 is 10.0 Å². The number of rotatable bonds is 7. The molecule has 0 aliphatic heterocycles. The number of nitrogens with two attached hydrogens (primary N) is 1. The van der Waals surface area contributed by atoms with Gasteiger partial charge in [-0.05, 0) is 19.1 Å². The molecule has 1 saturated carbocycles. The van der Waals surface area contributed by atoms with Crippen LogP contribution in [0, 0.1) is 0 Å². The summed E-state index contributed by atoms with van der Waals surface area (Å²) in [5.74, 6) is 0. The summed E-state index contributed by atoms with van der Waals surface area (Å²) in [7, 11) is -3.48. The fraction of sp³-hybridized carbons (Fsp3) is 0.750. The van der Waals surface area contributed by atoms with E-state index in [-0.39, 0.29) is 9.64 Å². The molecule has 2 rings (SSSR count). The normalized spacial score (nSPS) is 18.5. The minimum absolute atomic E-state index is 0.0559. The zero-order chi connectivity index (χ0) is 14.6. The highest BCUT2D eigenvalue weighted by Crippen LogP contribution is 2.39.